The van der Waals surface area contributed by atoms with E-state index in [1.165, 1.54) is 13.2 Å². The molecule has 0 aliphatic carbocycles. The van der Waals surface area contributed by atoms with Crippen molar-refractivity contribution in [3.05, 3.63) is 84.1 Å². The number of rotatable bonds is 14. The van der Waals surface area contributed by atoms with Crippen LogP contribution >= 0.6 is 0 Å². The molecule has 0 radical (unpaired) electrons. The summed E-state index contributed by atoms with van der Waals surface area (Å²) in [5, 5.41) is 0. The topological polar surface area (TPSA) is 151 Å². The van der Waals surface area contributed by atoms with E-state index in [1.807, 2.05) is 60.7 Å². The van der Waals surface area contributed by atoms with Crippen molar-refractivity contribution in [3.8, 4) is 0 Å². The van der Waals surface area contributed by atoms with Crippen LogP contribution in [0.5, 0.6) is 0 Å². The van der Waals surface area contributed by atoms with E-state index in [9.17, 15) is 19.2 Å². The summed E-state index contributed by atoms with van der Waals surface area (Å²) < 4.78 is 52.7. The SMILES string of the molecule is CC(=O)OC[C@H]1O[C@@H](O[C@H]2[C@H](OCc3ccccc3)C=CO[C@@H]2COCc2ccccc2)[C@H](OC(C)=O)[C@@H](OC(C)=O)[C@H]1OC(C)=O. The van der Waals surface area contributed by atoms with Crippen LogP contribution in [-0.2, 0) is 75.0 Å². The van der Waals surface area contributed by atoms with Crippen molar-refractivity contribution >= 4 is 23.9 Å². The van der Waals surface area contributed by atoms with Gasteiger partial charge >= 0.3 is 23.9 Å². The summed E-state index contributed by atoms with van der Waals surface area (Å²) in [5.41, 5.74) is 1.86. The zero-order chi connectivity index (χ0) is 33.8. The predicted molar refractivity (Wildman–Crippen MR) is 162 cm³/mol. The first-order valence-corrected chi connectivity index (χ1v) is 15.2. The molecule has 47 heavy (non-hydrogen) atoms. The van der Waals surface area contributed by atoms with E-state index in [0.717, 1.165) is 31.9 Å². The monoisotopic (exact) mass is 656 g/mol. The first kappa shape index (κ1) is 35.6. The van der Waals surface area contributed by atoms with E-state index >= 15 is 0 Å². The minimum Gasteiger partial charge on any atom is -0.493 e. The summed E-state index contributed by atoms with van der Waals surface area (Å²) in [6.45, 7) is 4.86. The minimum absolute atomic E-state index is 0.0698. The minimum atomic E-state index is -1.44. The van der Waals surface area contributed by atoms with E-state index < -0.39 is 79.5 Å². The lowest BCUT2D eigenvalue weighted by Gasteiger charge is -2.46. The van der Waals surface area contributed by atoms with Gasteiger partial charge in [0, 0.05) is 27.7 Å². The highest BCUT2D eigenvalue weighted by Gasteiger charge is 2.54. The first-order valence-electron chi connectivity index (χ1n) is 15.2. The molecule has 2 aliphatic heterocycles. The van der Waals surface area contributed by atoms with Gasteiger partial charge in [-0.1, -0.05) is 60.7 Å². The third kappa shape index (κ3) is 10.9. The van der Waals surface area contributed by atoms with Gasteiger partial charge in [-0.25, -0.2) is 0 Å². The molecular weight excluding hydrogens is 616 g/mol. The fraction of sp³-hybridized carbons (Fsp3) is 0.471. The molecule has 0 amide bonds. The van der Waals surface area contributed by atoms with Crippen LogP contribution in [0.4, 0.5) is 0 Å². The first-order chi connectivity index (χ1) is 22.6. The van der Waals surface area contributed by atoms with Crippen LogP contribution in [0.15, 0.2) is 73.0 Å². The third-order valence-corrected chi connectivity index (χ3v) is 7.13. The fourth-order valence-electron chi connectivity index (χ4n) is 5.16. The number of ether oxygens (including phenoxy) is 9. The van der Waals surface area contributed by atoms with Crippen LogP contribution in [0.25, 0.3) is 0 Å². The maximum Gasteiger partial charge on any atom is 0.303 e. The molecule has 2 aromatic carbocycles. The lowest BCUT2D eigenvalue weighted by Crippen LogP contribution is -2.64. The quantitative estimate of drug-likeness (QED) is 0.216. The number of esters is 4. The second-order valence-corrected chi connectivity index (χ2v) is 10.9. The molecule has 254 valence electrons. The fourth-order valence-corrected chi connectivity index (χ4v) is 5.16. The molecule has 1 saturated heterocycles. The normalized spacial score (nSPS) is 26.8. The highest BCUT2D eigenvalue weighted by Crippen LogP contribution is 2.33. The molecule has 0 spiro atoms. The van der Waals surface area contributed by atoms with Crippen molar-refractivity contribution in [1.29, 1.82) is 0 Å². The van der Waals surface area contributed by atoms with Gasteiger partial charge in [-0.2, -0.15) is 0 Å². The molecule has 0 unspecified atom stereocenters. The van der Waals surface area contributed by atoms with Crippen molar-refractivity contribution < 1.29 is 61.8 Å². The van der Waals surface area contributed by atoms with E-state index in [0.29, 0.717) is 6.61 Å². The Morgan fingerprint density at radius 1 is 0.638 bits per heavy atom. The Labute approximate surface area is 272 Å². The van der Waals surface area contributed by atoms with Gasteiger partial charge in [-0.3, -0.25) is 19.2 Å². The van der Waals surface area contributed by atoms with Crippen LogP contribution in [0, 0.1) is 0 Å². The van der Waals surface area contributed by atoms with E-state index in [4.69, 9.17) is 42.6 Å². The number of benzene rings is 2. The van der Waals surface area contributed by atoms with Crippen LogP contribution in [0.2, 0.25) is 0 Å². The third-order valence-electron chi connectivity index (χ3n) is 7.13. The molecule has 2 aliphatic rings. The smallest absolute Gasteiger partial charge is 0.303 e. The summed E-state index contributed by atoms with van der Waals surface area (Å²) in [7, 11) is 0. The molecule has 8 atom stereocenters. The molecule has 0 N–H and O–H groups in total. The number of hydrogen-bond acceptors (Lipinski definition) is 13. The molecule has 13 nitrogen and oxygen atoms in total. The summed E-state index contributed by atoms with van der Waals surface area (Å²) in [6.07, 6.45) is -5.94. The van der Waals surface area contributed by atoms with E-state index in [2.05, 4.69) is 0 Å². The largest absolute Gasteiger partial charge is 0.493 e. The molecular formula is C34H40O13. The molecule has 0 aromatic heterocycles. The molecule has 0 bridgehead atoms. The van der Waals surface area contributed by atoms with Gasteiger partial charge in [0.1, 0.15) is 24.9 Å². The summed E-state index contributed by atoms with van der Waals surface area (Å²) >= 11 is 0. The van der Waals surface area contributed by atoms with Gasteiger partial charge < -0.3 is 42.6 Å². The Kier molecular flexibility index (Phi) is 13.3. The highest BCUT2D eigenvalue weighted by atomic mass is 16.7. The van der Waals surface area contributed by atoms with Crippen LogP contribution in [0.3, 0.4) is 0 Å². The summed E-state index contributed by atoms with van der Waals surface area (Å²) in [5.74, 6) is -2.87. The van der Waals surface area contributed by atoms with Gasteiger partial charge in [0.25, 0.3) is 0 Å². The van der Waals surface area contributed by atoms with Gasteiger partial charge in [-0.05, 0) is 17.2 Å². The maximum absolute atomic E-state index is 12.3. The molecule has 2 aromatic rings. The lowest BCUT2D eigenvalue weighted by atomic mass is 9.97. The zero-order valence-corrected chi connectivity index (χ0v) is 26.7. The van der Waals surface area contributed by atoms with Crippen molar-refractivity contribution in [3.63, 3.8) is 0 Å². The van der Waals surface area contributed by atoms with Crippen LogP contribution in [0.1, 0.15) is 38.8 Å². The molecule has 4 rings (SSSR count). The number of carbonyl (C=O) groups excluding carboxylic acids is 4. The Balaban J connectivity index is 1.65. The molecule has 13 heteroatoms. The van der Waals surface area contributed by atoms with Crippen molar-refractivity contribution in [2.45, 2.75) is 89.9 Å². The predicted octanol–water partition coefficient (Wildman–Crippen LogP) is 3.17. The molecule has 0 saturated carbocycles. The molecule has 2 heterocycles. The van der Waals surface area contributed by atoms with Gasteiger partial charge in [0.05, 0.1) is 26.1 Å². The summed E-state index contributed by atoms with van der Waals surface area (Å²) in [6, 6.07) is 19.1. The van der Waals surface area contributed by atoms with Crippen molar-refractivity contribution in [1.82, 2.24) is 0 Å². The number of hydrogen-bond donors (Lipinski definition) is 0. The average molecular weight is 657 g/mol. The maximum atomic E-state index is 12.3. The Morgan fingerprint density at radius 3 is 1.81 bits per heavy atom. The highest BCUT2D eigenvalue weighted by molar-refractivity contribution is 5.68. The Hall–Kier alpha value is -4.30. The summed E-state index contributed by atoms with van der Waals surface area (Å²) in [4.78, 5) is 48.5. The molecule has 1 fully saturated rings. The Morgan fingerprint density at radius 2 is 1.21 bits per heavy atom. The van der Waals surface area contributed by atoms with E-state index in [1.54, 1.807) is 6.08 Å². The second-order valence-electron chi connectivity index (χ2n) is 10.9. The number of carbonyl (C=O) groups is 4. The van der Waals surface area contributed by atoms with Gasteiger partial charge in [0.2, 0.25) is 0 Å². The van der Waals surface area contributed by atoms with Crippen LogP contribution < -0.4 is 0 Å². The van der Waals surface area contributed by atoms with E-state index in [-0.39, 0.29) is 13.2 Å². The average Bonchev–Trinajstić information content (AvgIpc) is 3.03. The zero-order valence-electron chi connectivity index (χ0n) is 26.7. The van der Waals surface area contributed by atoms with Gasteiger partial charge in [0.15, 0.2) is 30.7 Å². The van der Waals surface area contributed by atoms with Crippen molar-refractivity contribution in [2.75, 3.05) is 13.2 Å². The van der Waals surface area contributed by atoms with Crippen LogP contribution in [-0.4, -0.2) is 86.1 Å². The standard InChI is InChI=1S/C34H40O13/c1-21(35)41-20-29-31(43-22(2)36)32(44-23(3)37)33(45-24(4)38)34(46-29)47-30-27(42-18-26-13-9-6-10-14-26)15-16-40-28(30)19-39-17-25-11-7-5-8-12-25/h5-16,27-34H,17-20H2,1-4H3/t27-,28-,29-,30+,31+,32+,33-,34+/m1/s1. The van der Waals surface area contributed by atoms with Crippen molar-refractivity contribution in [2.24, 2.45) is 0 Å². The second kappa shape index (κ2) is 17.6. The van der Waals surface area contributed by atoms with Gasteiger partial charge in [-0.15, -0.1) is 0 Å². The Bertz CT molecular complexity index is 1350. The lowest BCUT2D eigenvalue weighted by molar-refractivity contribution is -0.330.